The molecule has 7 nitrogen and oxygen atoms in total. The zero-order valence-electron chi connectivity index (χ0n) is 17.0. The second-order valence-electron chi connectivity index (χ2n) is 6.72. The first-order chi connectivity index (χ1) is 14.8. The first-order valence-corrected chi connectivity index (χ1v) is 10.3. The van der Waals surface area contributed by atoms with Crippen LogP contribution in [-0.2, 0) is 14.4 Å². The molecular weight excluding hydrogens is 439 g/mol. The molecule has 0 aliphatic rings. The van der Waals surface area contributed by atoms with Crippen LogP contribution >= 0.6 is 23.2 Å². The number of carbonyl (C=O) groups is 3. The van der Waals surface area contributed by atoms with Crippen LogP contribution in [0.3, 0.4) is 0 Å². The SMILES string of the molecule is CN(CC(=O)Nc1ccc(Cl)c(Cl)c1)C(=O)CCC(=O)N(CCC#N)c1ccccc1. The van der Waals surface area contributed by atoms with Gasteiger partial charge in [0.15, 0.2) is 0 Å². The minimum Gasteiger partial charge on any atom is -0.336 e. The molecule has 0 aliphatic heterocycles. The van der Waals surface area contributed by atoms with Crippen LogP contribution in [0.4, 0.5) is 11.4 Å². The Bertz CT molecular complexity index is 976. The van der Waals surface area contributed by atoms with E-state index in [1.54, 1.807) is 36.4 Å². The first kappa shape index (κ1) is 24.2. The molecule has 0 aliphatic carbocycles. The summed E-state index contributed by atoms with van der Waals surface area (Å²) in [6.45, 7) is 0.0690. The number of para-hydroxylation sites is 1. The molecule has 3 amide bonds. The molecule has 0 heterocycles. The average Bonchev–Trinajstić information content (AvgIpc) is 2.75. The molecule has 2 aromatic rings. The van der Waals surface area contributed by atoms with Crippen molar-refractivity contribution in [2.75, 3.05) is 30.4 Å². The lowest BCUT2D eigenvalue weighted by Gasteiger charge is -2.22. The summed E-state index contributed by atoms with van der Waals surface area (Å²) < 4.78 is 0. The number of hydrogen-bond acceptors (Lipinski definition) is 4. The van der Waals surface area contributed by atoms with Gasteiger partial charge in [-0.15, -0.1) is 0 Å². The molecule has 2 aromatic carbocycles. The number of benzene rings is 2. The lowest BCUT2D eigenvalue weighted by molar-refractivity contribution is -0.134. The van der Waals surface area contributed by atoms with Crippen molar-refractivity contribution in [3.8, 4) is 6.07 Å². The van der Waals surface area contributed by atoms with E-state index in [0.29, 0.717) is 21.4 Å². The van der Waals surface area contributed by atoms with Gasteiger partial charge in [-0.1, -0.05) is 41.4 Å². The number of likely N-dealkylation sites (N-methyl/N-ethyl adjacent to an activating group) is 1. The van der Waals surface area contributed by atoms with E-state index in [9.17, 15) is 14.4 Å². The second kappa shape index (κ2) is 11.9. The Morgan fingerprint density at radius 3 is 2.32 bits per heavy atom. The lowest BCUT2D eigenvalue weighted by Crippen LogP contribution is -2.36. The van der Waals surface area contributed by atoms with Crippen LogP contribution < -0.4 is 10.2 Å². The summed E-state index contributed by atoms with van der Waals surface area (Å²) in [4.78, 5) is 40.0. The highest BCUT2D eigenvalue weighted by Gasteiger charge is 2.19. The Balaban J connectivity index is 1.88. The van der Waals surface area contributed by atoms with E-state index in [0.717, 1.165) is 0 Å². The van der Waals surface area contributed by atoms with Crippen molar-refractivity contribution in [3.63, 3.8) is 0 Å². The zero-order valence-corrected chi connectivity index (χ0v) is 18.5. The summed E-state index contributed by atoms with van der Waals surface area (Å²) in [5.74, 6) is -1.00. The van der Waals surface area contributed by atoms with Gasteiger partial charge < -0.3 is 15.1 Å². The van der Waals surface area contributed by atoms with Crippen LogP contribution in [0.25, 0.3) is 0 Å². The fraction of sp³-hybridized carbons (Fsp3) is 0.273. The number of rotatable bonds is 9. The van der Waals surface area contributed by atoms with E-state index in [2.05, 4.69) is 5.32 Å². The summed E-state index contributed by atoms with van der Waals surface area (Å²) >= 11 is 11.8. The van der Waals surface area contributed by atoms with Crippen LogP contribution in [-0.4, -0.2) is 42.8 Å². The topological polar surface area (TPSA) is 93.5 Å². The number of nitrogens with zero attached hydrogens (tertiary/aromatic N) is 3. The fourth-order valence-corrected chi connectivity index (χ4v) is 3.08. The zero-order chi connectivity index (χ0) is 22.8. The van der Waals surface area contributed by atoms with E-state index < -0.39 is 5.91 Å². The molecule has 0 unspecified atom stereocenters. The van der Waals surface area contributed by atoms with Gasteiger partial charge in [0.05, 0.1) is 29.1 Å². The maximum absolute atomic E-state index is 12.6. The fourth-order valence-electron chi connectivity index (χ4n) is 2.79. The van der Waals surface area contributed by atoms with Crippen LogP contribution in [0, 0.1) is 11.3 Å². The summed E-state index contributed by atoms with van der Waals surface area (Å²) in [6, 6.07) is 15.7. The highest BCUT2D eigenvalue weighted by atomic mass is 35.5. The molecule has 0 saturated carbocycles. The normalized spacial score (nSPS) is 10.1. The number of halogens is 2. The third kappa shape index (κ3) is 7.59. The molecule has 9 heteroatoms. The maximum atomic E-state index is 12.6. The van der Waals surface area contributed by atoms with Gasteiger partial charge in [-0.3, -0.25) is 14.4 Å². The third-order valence-corrected chi connectivity index (χ3v) is 5.12. The molecule has 0 fully saturated rings. The minimum absolute atomic E-state index is 0.0299. The minimum atomic E-state index is -0.402. The van der Waals surface area contributed by atoms with Gasteiger partial charge in [0.2, 0.25) is 17.7 Å². The monoisotopic (exact) mass is 460 g/mol. The molecule has 2 rings (SSSR count). The van der Waals surface area contributed by atoms with Gasteiger partial charge in [0.25, 0.3) is 0 Å². The predicted octanol–water partition coefficient (Wildman–Crippen LogP) is 4.12. The van der Waals surface area contributed by atoms with Gasteiger partial charge in [0, 0.05) is 37.8 Å². The summed E-state index contributed by atoms with van der Waals surface area (Å²) in [5, 5.41) is 12.2. The van der Waals surface area contributed by atoms with Crippen molar-refractivity contribution in [1.29, 1.82) is 5.26 Å². The number of anilines is 2. The molecule has 0 radical (unpaired) electrons. The van der Waals surface area contributed by atoms with Crippen molar-refractivity contribution in [2.24, 2.45) is 0 Å². The Labute approximate surface area is 191 Å². The van der Waals surface area contributed by atoms with Crippen molar-refractivity contribution < 1.29 is 14.4 Å². The Kier molecular flexibility index (Phi) is 9.32. The second-order valence-corrected chi connectivity index (χ2v) is 7.53. The van der Waals surface area contributed by atoms with Crippen LogP contribution in [0.15, 0.2) is 48.5 Å². The van der Waals surface area contributed by atoms with E-state index in [1.807, 2.05) is 12.1 Å². The predicted molar refractivity (Wildman–Crippen MR) is 121 cm³/mol. The average molecular weight is 461 g/mol. The number of amides is 3. The molecule has 0 bridgehead atoms. The summed E-state index contributed by atoms with van der Waals surface area (Å²) in [5.41, 5.74) is 1.14. The van der Waals surface area contributed by atoms with Gasteiger partial charge >= 0.3 is 0 Å². The maximum Gasteiger partial charge on any atom is 0.243 e. The van der Waals surface area contributed by atoms with Gasteiger partial charge in [-0.05, 0) is 30.3 Å². The van der Waals surface area contributed by atoms with Crippen LogP contribution in [0.2, 0.25) is 10.0 Å². The van der Waals surface area contributed by atoms with Crippen molar-refractivity contribution >= 4 is 52.3 Å². The Hall–Kier alpha value is -3.08. The van der Waals surface area contributed by atoms with E-state index >= 15 is 0 Å². The number of nitriles is 1. The largest absolute Gasteiger partial charge is 0.336 e. The smallest absolute Gasteiger partial charge is 0.243 e. The molecular formula is C22H22Cl2N4O3. The van der Waals surface area contributed by atoms with Crippen molar-refractivity contribution in [2.45, 2.75) is 19.3 Å². The number of hydrogen-bond donors (Lipinski definition) is 1. The third-order valence-electron chi connectivity index (χ3n) is 4.38. The molecule has 162 valence electrons. The highest BCUT2D eigenvalue weighted by Crippen LogP contribution is 2.25. The van der Waals surface area contributed by atoms with Crippen molar-refractivity contribution in [1.82, 2.24) is 4.90 Å². The van der Waals surface area contributed by atoms with E-state index in [-0.39, 0.29) is 44.2 Å². The molecule has 0 saturated heterocycles. The molecule has 0 aromatic heterocycles. The van der Waals surface area contributed by atoms with Crippen LogP contribution in [0.1, 0.15) is 19.3 Å². The van der Waals surface area contributed by atoms with Gasteiger partial charge in [-0.25, -0.2) is 0 Å². The number of nitrogens with one attached hydrogen (secondary N) is 1. The van der Waals surface area contributed by atoms with Gasteiger partial charge in [0.1, 0.15) is 0 Å². The van der Waals surface area contributed by atoms with Gasteiger partial charge in [-0.2, -0.15) is 5.26 Å². The van der Waals surface area contributed by atoms with Crippen molar-refractivity contribution in [3.05, 3.63) is 58.6 Å². The molecule has 0 atom stereocenters. The van der Waals surface area contributed by atoms with E-state index in [4.69, 9.17) is 28.5 Å². The Morgan fingerprint density at radius 1 is 1.00 bits per heavy atom. The highest BCUT2D eigenvalue weighted by molar-refractivity contribution is 6.42. The molecule has 1 N–H and O–H groups in total. The molecule has 0 spiro atoms. The summed E-state index contributed by atoms with van der Waals surface area (Å²) in [6.07, 6.45) is 0.104. The van der Waals surface area contributed by atoms with E-state index in [1.165, 1.54) is 22.9 Å². The lowest BCUT2D eigenvalue weighted by atomic mass is 10.2. The number of carbonyl (C=O) groups excluding carboxylic acids is 3. The molecule has 31 heavy (non-hydrogen) atoms. The Morgan fingerprint density at radius 2 is 1.68 bits per heavy atom. The quantitative estimate of drug-likeness (QED) is 0.608. The first-order valence-electron chi connectivity index (χ1n) is 9.53. The standard InChI is InChI=1S/C22H22Cl2N4O3/c1-27(15-20(29)26-16-8-9-18(23)19(24)14-16)21(30)10-11-22(31)28(13-5-12-25)17-6-3-2-4-7-17/h2-4,6-9,14H,5,10-11,13,15H2,1H3,(H,26,29). The van der Waals surface area contributed by atoms with Crippen LogP contribution in [0.5, 0.6) is 0 Å². The summed E-state index contributed by atoms with van der Waals surface area (Å²) in [7, 11) is 1.49.